The van der Waals surface area contributed by atoms with E-state index in [9.17, 15) is 9.59 Å². The number of hydrogen-bond donors (Lipinski definition) is 1. The van der Waals surface area contributed by atoms with Crippen molar-refractivity contribution in [2.45, 2.75) is 13.0 Å². The first-order valence-electron chi connectivity index (χ1n) is 7.72. The van der Waals surface area contributed by atoms with Crippen LogP contribution in [0.1, 0.15) is 21.5 Å². The van der Waals surface area contributed by atoms with Crippen LogP contribution in [0.3, 0.4) is 0 Å². The van der Waals surface area contributed by atoms with Gasteiger partial charge < -0.3 is 19.8 Å². The number of likely N-dealkylation sites (N-methyl/N-ethyl adjacent to an activating group) is 1. The highest BCUT2D eigenvalue weighted by atomic mass is 79.9. The molecule has 0 aromatic heterocycles. The van der Waals surface area contributed by atoms with Crippen LogP contribution in [-0.4, -0.2) is 71.6 Å². The number of fused-ring (bicyclic) bond motifs is 1. The summed E-state index contributed by atoms with van der Waals surface area (Å²) in [4.78, 5) is 29.3. The lowest BCUT2D eigenvalue weighted by atomic mass is 9.97. The molecule has 1 aromatic carbocycles. The fraction of sp³-hybridized carbons (Fsp3) is 0.500. The summed E-state index contributed by atoms with van der Waals surface area (Å²) in [5.41, 5.74) is 2.71. The maximum absolute atomic E-state index is 12.7. The molecule has 1 fully saturated rings. The van der Waals surface area contributed by atoms with Crippen molar-refractivity contribution in [1.29, 1.82) is 0 Å². The number of halogens is 1. The van der Waals surface area contributed by atoms with Crippen LogP contribution in [0.15, 0.2) is 16.6 Å². The van der Waals surface area contributed by atoms with Crippen molar-refractivity contribution in [3.05, 3.63) is 33.3 Å². The largest absolute Gasteiger partial charge is 0.465 e. The van der Waals surface area contributed by atoms with Gasteiger partial charge in [0, 0.05) is 42.8 Å². The zero-order valence-electron chi connectivity index (χ0n) is 13.1. The molecule has 23 heavy (non-hydrogen) atoms. The Labute approximate surface area is 143 Å². The maximum Gasteiger partial charge on any atom is 0.407 e. The smallest absolute Gasteiger partial charge is 0.407 e. The van der Waals surface area contributed by atoms with E-state index in [-0.39, 0.29) is 5.91 Å². The lowest BCUT2D eigenvalue weighted by molar-refractivity contribution is 0.0663. The van der Waals surface area contributed by atoms with E-state index in [0.29, 0.717) is 25.1 Å². The van der Waals surface area contributed by atoms with Gasteiger partial charge in [-0.05, 0) is 36.7 Å². The number of rotatable bonds is 1. The molecule has 2 heterocycles. The van der Waals surface area contributed by atoms with Gasteiger partial charge in [0.2, 0.25) is 0 Å². The summed E-state index contributed by atoms with van der Waals surface area (Å²) in [6.45, 7) is 4.12. The van der Waals surface area contributed by atoms with Gasteiger partial charge in [-0.3, -0.25) is 4.79 Å². The summed E-state index contributed by atoms with van der Waals surface area (Å²) in [5, 5.41) is 9.13. The predicted octanol–water partition coefficient (Wildman–Crippen LogP) is 1.87. The van der Waals surface area contributed by atoms with E-state index >= 15 is 0 Å². The van der Waals surface area contributed by atoms with Crippen LogP contribution in [0.25, 0.3) is 0 Å². The molecular weight excluding hydrogens is 362 g/mol. The quantitative estimate of drug-likeness (QED) is 0.806. The Kier molecular flexibility index (Phi) is 4.59. The van der Waals surface area contributed by atoms with Crippen molar-refractivity contribution in [2.24, 2.45) is 0 Å². The zero-order valence-corrected chi connectivity index (χ0v) is 14.7. The van der Waals surface area contributed by atoms with Gasteiger partial charge in [0.1, 0.15) is 0 Å². The number of carbonyl (C=O) groups excluding carboxylic acids is 1. The van der Waals surface area contributed by atoms with Crippen LogP contribution in [0.2, 0.25) is 0 Å². The van der Waals surface area contributed by atoms with Gasteiger partial charge in [0.15, 0.2) is 0 Å². The van der Waals surface area contributed by atoms with E-state index in [1.165, 1.54) is 4.90 Å². The molecule has 2 aliphatic rings. The van der Waals surface area contributed by atoms with Crippen molar-refractivity contribution in [1.82, 2.24) is 14.7 Å². The van der Waals surface area contributed by atoms with Gasteiger partial charge in [-0.25, -0.2) is 4.79 Å². The molecule has 1 aromatic rings. The lowest BCUT2D eigenvalue weighted by Gasteiger charge is -2.33. The number of hydrogen-bond acceptors (Lipinski definition) is 3. The molecule has 6 nitrogen and oxygen atoms in total. The molecule has 3 rings (SSSR count). The fourth-order valence-electron chi connectivity index (χ4n) is 3.10. The fourth-order valence-corrected chi connectivity index (χ4v) is 3.72. The second-order valence-corrected chi connectivity index (χ2v) is 7.00. The normalized spacial score (nSPS) is 18.7. The summed E-state index contributed by atoms with van der Waals surface area (Å²) in [7, 11) is 2.06. The summed E-state index contributed by atoms with van der Waals surface area (Å²) in [6.07, 6.45) is -0.260. The minimum Gasteiger partial charge on any atom is -0.465 e. The highest BCUT2D eigenvalue weighted by Crippen LogP contribution is 2.29. The van der Waals surface area contributed by atoms with Gasteiger partial charge in [-0.15, -0.1) is 0 Å². The molecule has 2 amide bonds. The molecule has 0 aliphatic carbocycles. The molecule has 0 bridgehead atoms. The van der Waals surface area contributed by atoms with Crippen molar-refractivity contribution < 1.29 is 14.7 Å². The van der Waals surface area contributed by atoms with E-state index in [1.54, 1.807) is 0 Å². The predicted molar refractivity (Wildman–Crippen MR) is 89.7 cm³/mol. The van der Waals surface area contributed by atoms with E-state index in [0.717, 1.165) is 41.8 Å². The Balaban J connectivity index is 1.81. The lowest BCUT2D eigenvalue weighted by Crippen LogP contribution is -2.47. The zero-order chi connectivity index (χ0) is 16.6. The molecule has 1 saturated heterocycles. The topological polar surface area (TPSA) is 64.1 Å². The van der Waals surface area contributed by atoms with Crippen LogP contribution in [0.5, 0.6) is 0 Å². The van der Waals surface area contributed by atoms with Crippen LogP contribution in [0, 0.1) is 0 Å². The second-order valence-electron chi connectivity index (χ2n) is 6.15. The van der Waals surface area contributed by atoms with Crippen LogP contribution in [0.4, 0.5) is 4.79 Å². The molecular formula is C16H20BrN3O3. The highest BCUT2D eigenvalue weighted by molar-refractivity contribution is 9.10. The number of nitrogens with zero attached hydrogens (tertiary/aromatic N) is 3. The molecule has 1 N–H and O–H groups in total. The Hall–Kier alpha value is -1.60. The Morgan fingerprint density at radius 2 is 1.78 bits per heavy atom. The number of amides is 2. The Bertz CT molecular complexity index is 642. The minimum absolute atomic E-state index is 0.0577. The Morgan fingerprint density at radius 3 is 2.43 bits per heavy atom. The summed E-state index contributed by atoms with van der Waals surface area (Å²) in [5.74, 6) is 0.0577. The first-order chi connectivity index (χ1) is 11.0. The Morgan fingerprint density at radius 1 is 1.09 bits per heavy atom. The molecule has 0 unspecified atom stereocenters. The van der Waals surface area contributed by atoms with Gasteiger partial charge in [0.05, 0.1) is 6.54 Å². The number of benzene rings is 1. The van der Waals surface area contributed by atoms with E-state index in [2.05, 4.69) is 27.9 Å². The van der Waals surface area contributed by atoms with Crippen molar-refractivity contribution >= 4 is 27.9 Å². The second kappa shape index (κ2) is 6.49. The first-order valence-corrected chi connectivity index (χ1v) is 8.52. The summed E-state index contributed by atoms with van der Waals surface area (Å²) < 4.78 is 0.818. The van der Waals surface area contributed by atoms with E-state index < -0.39 is 6.09 Å². The maximum atomic E-state index is 12.7. The van der Waals surface area contributed by atoms with Crippen molar-refractivity contribution in [3.63, 3.8) is 0 Å². The number of carboxylic acid groups (broad SMARTS) is 1. The van der Waals surface area contributed by atoms with Crippen LogP contribution < -0.4 is 0 Å². The van der Waals surface area contributed by atoms with E-state index in [4.69, 9.17) is 5.11 Å². The first kappa shape index (κ1) is 16.3. The molecule has 0 radical (unpaired) electrons. The average Bonchev–Trinajstić information content (AvgIpc) is 2.54. The number of carbonyl (C=O) groups is 2. The minimum atomic E-state index is -0.903. The van der Waals surface area contributed by atoms with Gasteiger partial charge in [0.25, 0.3) is 5.91 Å². The van der Waals surface area contributed by atoms with Gasteiger partial charge in [-0.2, -0.15) is 0 Å². The molecule has 2 aliphatic heterocycles. The molecule has 0 atom stereocenters. The third-order valence-electron chi connectivity index (χ3n) is 4.60. The number of piperazine rings is 1. The van der Waals surface area contributed by atoms with Crippen LogP contribution in [-0.2, 0) is 13.0 Å². The third kappa shape index (κ3) is 3.35. The summed E-state index contributed by atoms with van der Waals surface area (Å²) >= 11 is 3.51. The highest BCUT2D eigenvalue weighted by Gasteiger charge is 2.25. The van der Waals surface area contributed by atoms with Gasteiger partial charge in [-0.1, -0.05) is 15.9 Å². The standard InChI is InChI=1S/C16H20BrN3O3/c1-18-4-6-19(7-5-18)15(21)12-8-11-2-3-20(16(22)23)10-13(11)14(17)9-12/h8-9H,2-7,10H2,1H3,(H,22,23). The molecule has 0 spiro atoms. The molecule has 124 valence electrons. The third-order valence-corrected chi connectivity index (χ3v) is 5.30. The average molecular weight is 382 g/mol. The monoisotopic (exact) mass is 381 g/mol. The van der Waals surface area contributed by atoms with Gasteiger partial charge >= 0.3 is 6.09 Å². The summed E-state index contributed by atoms with van der Waals surface area (Å²) in [6, 6.07) is 3.75. The van der Waals surface area contributed by atoms with E-state index in [1.807, 2.05) is 17.0 Å². The van der Waals surface area contributed by atoms with Crippen LogP contribution >= 0.6 is 15.9 Å². The SMILES string of the molecule is CN1CCN(C(=O)c2cc(Br)c3c(c2)CCN(C(=O)O)C3)CC1. The molecule has 0 saturated carbocycles. The molecule has 7 heteroatoms. The van der Waals surface area contributed by atoms with Crippen molar-refractivity contribution in [3.8, 4) is 0 Å². The van der Waals surface area contributed by atoms with Crippen molar-refractivity contribution in [2.75, 3.05) is 39.8 Å².